The van der Waals surface area contributed by atoms with Gasteiger partial charge in [-0.25, -0.2) is 0 Å². The van der Waals surface area contributed by atoms with Gasteiger partial charge in [0.15, 0.2) is 0 Å². The molecule has 0 spiro atoms. The van der Waals surface area contributed by atoms with Gasteiger partial charge in [0.1, 0.15) is 0 Å². The second-order valence-corrected chi connectivity index (χ2v) is 5.25. The van der Waals surface area contributed by atoms with E-state index in [1.807, 2.05) is 56.9 Å². The van der Waals surface area contributed by atoms with Crippen LogP contribution in [0, 0.1) is 0 Å². The minimum Gasteiger partial charge on any atom is -0.388 e. The Kier molecular flexibility index (Phi) is 6.52. The van der Waals surface area contributed by atoms with Crippen LogP contribution in [0.4, 0.5) is 5.69 Å². The summed E-state index contributed by atoms with van der Waals surface area (Å²) in [7, 11) is 0. The van der Waals surface area contributed by atoms with Crippen LogP contribution in [-0.2, 0) is 4.79 Å². The molecule has 0 fully saturated rings. The van der Waals surface area contributed by atoms with Crippen LogP contribution >= 0.6 is 0 Å². The summed E-state index contributed by atoms with van der Waals surface area (Å²) in [5.74, 6) is 0.0273. The van der Waals surface area contributed by atoms with Crippen molar-refractivity contribution < 1.29 is 9.90 Å². The van der Waals surface area contributed by atoms with E-state index in [-0.39, 0.29) is 11.9 Å². The number of rotatable bonds is 7. The first-order valence-electron chi connectivity index (χ1n) is 7.30. The lowest BCUT2D eigenvalue weighted by Gasteiger charge is -2.23. The number of nitrogens with one attached hydrogen (secondary N) is 1. The molecule has 1 amide bonds. The molecule has 0 aliphatic heterocycles. The molecule has 0 bridgehead atoms. The van der Waals surface area contributed by atoms with Gasteiger partial charge in [0.05, 0.1) is 12.6 Å². The quantitative estimate of drug-likeness (QED) is 0.805. The molecule has 0 heterocycles. The summed E-state index contributed by atoms with van der Waals surface area (Å²) >= 11 is 0. The van der Waals surface area contributed by atoms with Gasteiger partial charge < -0.3 is 15.3 Å². The van der Waals surface area contributed by atoms with Gasteiger partial charge in [0.2, 0.25) is 5.91 Å². The summed E-state index contributed by atoms with van der Waals surface area (Å²) in [5, 5.41) is 12.7. The minimum absolute atomic E-state index is 0.0273. The molecule has 0 saturated carbocycles. The Morgan fingerprint density at radius 3 is 2.30 bits per heavy atom. The highest BCUT2D eigenvalue weighted by atomic mass is 16.3. The summed E-state index contributed by atoms with van der Waals surface area (Å²) in [6.07, 6.45) is 0.288. The summed E-state index contributed by atoms with van der Waals surface area (Å²) in [6, 6.07) is 7.92. The molecular weight excluding hydrogens is 252 g/mol. The van der Waals surface area contributed by atoms with Crippen LogP contribution < -0.4 is 10.2 Å². The Morgan fingerprint density at radius 1 is 1.25 bits per heavy atom. The van der Waals surface area contributed by atoms with E-state index in [9.17, 15) is 9.90 Å². The maximum absolute atomic E-state index is 11.8. The Morgan fingerprint density at radius 2 is 1.85 bits per heavy atom. The lowest BCUT2D eigenvalue weighted by atomic mass is 10.1. The zero-order valence-electron chi connectivity index (χ0n) is 12.9. The van der Waals surface area contributed by atoms with Crippen LogP contribution in [0.15, 0.2) is 24.3 Å². The zero-order chi connectivity index (χ0) is 15.1. The number of hydrogen-bond donors (Lipinski definition) is 2. The number of carbonyl (C=O) groups is 1. The predicted octanol–water partition coefficient (Wildman–Crippen LogP) is 2.48. The summed E-state index contributed by atoms with van der Waals surface area (Å²) in [4.78, 5) is 13.8. The van der Waals surface area contributed by atoms with Crippen LogP contribution in [0.3, 0.4) is 0 Å². The first-order valence-corrected chi connectivity index (χ1v) is 7.30. The molecule has 1 atom stereocenters. The van der Waals surface area contributed by atoms with Gasteiger partial charge in [-0.15, -0.1) is 0 Å². The lowest BCUT2D eigenvalue weighted by molar-refractivity contribution is -0.120. The van der Waals surface area contributed by atoms with E-state index in [0.717, 1.165) is 17.8 Å². The maximum atomic E-state index is 11.8. The first-order chi connectivity index (χ1) is 9.47. The normalized spacial score (nSPS) is 12.3. The van der Waals surface area contributed by atoms with Crippen LogP contribution in [0.2, 0.25) is 0 Å². The molecule has 1 aromatic rings. The third kappa shape index (κ3) is 4.85. The fraction of sp³-hybridized carbons (Fsp3) is 0.562. The average molecular weight is 278 g/mol. The molecule has 0 aromatic heterocycles. The predicted molar refractivity (Wildman–Crippen MR) is 82.9 cm³/mol. The number of carbonyl (C=O) groups excluding carboxylic acids is 1. The number of hydrogen-bond acceptors (Lipinski definition) is 3. The topological polar surface area (TPSA) is 52.6 Å². The molecule has 4 nitrogen and oxygen atoms in total. The second-order valence-electron chi connectivity index (χ2n) is 5.25. The van der Waals surface area contributed by atoms with Gasteiger partial charge in [-0.3, -0.25) is 4.79 Å². The molecule has 20 heavy (non-hydrogen) atoms. The number of benzene rings is 1. The number of amides is 1. The largest absolute Gasteiger partial charge is 0.388 e. The number of nitrogens with zero attached hydrogens (tertiary/aromatic N) is 1. The summed E-state index contributed by atoms with van der Waals surface area (Å²) in [5.41, 5.74) is 1.91. The summed E-state index contributed by atoms with van der Waals surface area (Å²) in [6.45, 7) is 9.00. The van der Waals surface area contributed by atoms with Crippen molar-refractivity contribution in [1.82, 2.24) is 5.32 Å². The molecule has 1 aromatic carbocycles. The van der Waals surface area contributed by atoms with E-state index in [0.29, 0.717) is 13.0 Å². The number of likely N-dealkylation sites (N-methyl/N-ethyl adjacent to an activating group) is 1. The highest BCUT2D eigenvalue weighted by molar-refractivity contribution is 5.81. The highest BCUT2D eigenvalue weighted by Gasteiger charge is 2.11. The minimum atomic E-state index is -0.414. The van der Waals surface area contributed by atoms with Gasteiger partial charge in [-0.05, 0) is 44.9 Å². The Labute approximate surface area is 121 Å². The Bertz CT molecular complexity index is 415. The highest BCUT2D eigenvalue weighted by Crippen LogP contribution is 2.20. The molecule has 0 aliphatic rings. The van der Waals surface area contributed by atoms with Crippen molar-refractivity contribution in [2.45, 2.75) is 46.3 Å². The van der Waals surface area contributed by atoms with Gasteiger partial charge in [-0.2, -0.15) is 0 Å². The molecule has 112 valence electrons. The smallest absolute Gasteiger partial charge is 0.239 e. The maximum Gasteiger partial charge on any atom is 0.239 e. The SMILES string of the molecule is CC[C@@H](O)c1ccc(N(CC)CC(=O)NC(C)C)cc1. The van der Waals surface area contributed by atoms with E-state index in [1.165, 1.54) is 0 Å². The van der Waals surface area contributed by atoms with Gasteiger partial charge in [0.25, 0.3) is 0 Å². The first kappa shape index (κ1) is 16.5. The van der Waals surface area contributed by atoms with E-state index >= 15 is 0 Å². The van der Waals surface area contributed by atoms with Crippen molar-refractivity contribution in [3.8, 4) is 0 Å². The van der Waals surface area contributed by atoms with Crippen molar-refractivity contribution in [2.75, 3.05) is 18.0 Å². The average Bonchev–Trinajstić information content (AvgIpc) is 2.43. The zero-order valence-corrected chi connectivity index (χ0v) is 12.9. The van der Waals surface area contributed by atoms with E-state index in [1.54, 1.807) is 0 Å². The standard InChI is InChI=1S/C16H26N2O2/c1-5-15(19)13-7-9-14(10-8-13)18(6-2)11-16(20)17-12(3)4/h7-10,12,15,19H,5-6,11H2,1-4H3,(H,17,20)/t15-/m1/s1. The van der Waals surface area contributed by atoms with Crippen molar-refractivity contribution in [1.29, 1.82) is 0 Å². The van der Waals surface area contributed by atoms with Crippen molar-refractivity contribution in [3.05, 3.63) is 29.8 Å². The Hall–Kier alpha value is -1.55. The van der Waals surface area contributed by atoms with Crippen LogP contribution in [-0.4, -0.2) is 30.1 Å². The van der Waals surface area contributed by atoms with E-state index < -0.39 is 6.10 Å². The van der Waals surface area contributed by atoms with Crippen molar-refractivity contribution >= 4 is 11.6 Å². The molecule has 0 unspecified atom stereocenters. The van der Waals surface area contributed by atoms with Crippen LogP contribution in [0.5, 0.6) is 0 Å². The van der Waals surface area contributed by atoms with Gasteiger partial charge in [-0.1, -0.05) is 19.1 Å². The molecule has 0 radical (unpaired) electrons. The second kappa shape index (κ2) is 7.90. The number of anilines is 1. The van der Waals surface area contributed by atoms with Gasteiger partial charge in [0, 0.05) is 18.3 Å². The van der Waals surface area contributed by atoms with Crippen molar-refractivity contribution in [2.24, 2.45) is 0 Å². The van der Waals surface area contributed by atoms with Crippen LogP contribution in [0.1, 0.15) is 45.8 Å². The van der Waals surface area contributed by atoms with Crippen LogP contribution in [0.25, 0.3) is 0 Å². The molecule has 0 aliphatic carbocycles. The fourth-order valence-electron chi connectivity index (χ4n) is 2.07. The fourth-order valence-corrected chi connectivity index (χ4v) is 2.07. The third-order valence-corrected chi connectivity index (χ3v) is 3.20. The van der Waals surface area contributed by atoms with Gasteiger partial charge >= 0.3 is 0 Å². The molecule has 4 heteroatoms. The number of aliphatic hydroxyl groups excluding tert-OH is 1. The molecule has 1 rings (SSSR count). The number of aliphatic hydroxyl groups is 1. The lowest BCUT2D eigenvalue weighted by Crippen LogP contribution is -2.40. The third-order valence-electron chi connectivity index (χ3n) is 3.20. The van der Waals surface area contributed by atoms with E-state index in [2.05, 4.69) is 5.32 Å². The molecular formula is C16H26N2O2. The van der Waals surface area contributed by atoms with Crippen molar-refractivity contribution in [3.63, 3.8) is 0 Å². The molecule has 2 N–H and O–H groups in total. The summed E-state index contributed by atoms with van der Waals surface area (Å²) < 4.78 is 0. The molecule has 0 saturated heterocycles. The Balaban J connectivity index is 2.72. The monoisotopic (exact) mass is 278 g/mol. The van der Waals surface area contributed by atoms with E-state index in [4.69, 9.17) is 0 Å².